The standard InChI is InChI=1S/C21H22FNO2/c22-19-9-8-15-13-16-5-3-4-11-23(16)21(24)10-12-25-20-7-2-1-6-17(20)18(19)14-15/h1-2,6-9,14,16H,3-5,10-13H2/t16-/m1/s1. The summed E-state index contributed by atoms with van der Waals surface area (Å²) in [5, 5.41) is 0. The zero-order valence-corrected chi connectivity index (χ0v) is 14.2. The number of hydrogen-bond acceptors (Lipinski definition) is 2. The van der Waals surface area contributed by atoms with Crippen molar-refractivity contribution < 1.29 is 13.9 Å². The lowest BCUT2D eigenvalue weighted by atomic mass is 9.93. The predicted octanol–water partition coefficient (Wildman–Crippen LogP) is 4.20. The van der Waals surface area contributed by atoms with Gasteiger partial charge in [-0.1, -0.05) is 24.3 Å². The third kappa shape index (κ3) is 3.26. The molecule has 0 N–H and O–H groups in total. The molecular formula is C21H22FNO2. The van der Waals surface area contributed by atoms with Crippen LogP contribution in [0.5, 0.6) is 5.75 Å². The molecule has 0 spiro atoms. The Kier molecular flexibility index (Phi) is 4.43. The highest BCUT2D eigenvalue weighted by Gasteiger charge is 2.27. The fourth-order valence-corrected chi connectivity index (χ4v) is 3.93. The fourth-order valence-electron chi connectivity index (χ4n) is 3.93. The molecule has 2 bridgehead atoms. The van der Waals surface area contributed by atoms with Gasteiger partial charge >= 0.3 is 0 Å². The van der Waals surface area contributed by atoms with Gasteiger partial charge in [0.25, 0.3) is 0 Å². The van der Waals surface area contributed by atoms with E-state index in [2.05, 4.69) is 0 Å². The van der Waals surface area contributed by atoms with Crippen LogP contribution in [0.3, 0.4) is 0 Å². The van der Waals surface area contributed by atoms with E-state index in [9.17, 15) is 9.18 Å². The van der Waals surface area contributed by atoms with Crippen LogP contribution in [0.1, 0.15) is 31.2 Å². The molecule has 1 amide bonds. The summed E-state index contributed by atoms with van der Waals surface area (Å²) in [7, 11) is 0. The fraction of sp³-hybridized carbons (Fsp3) is 0.381. The van der Waals surface area contributed by atoms with Crippen molar-refractivity contribution >= 4 is 5.91 Å². The van der Waals surface area contributed by atoms with Gasteiger partial charge in [-0.05, 0) is 49.4 Å². The van der Waals surface area contributed by atoms with E-state index in [1.807, 2.05) is 41.3 Å². The van der Waals surface area contributed by atoms with Gasteiger partial charge in [-0.25, -0.2) is 4.39 Å². The van der Waals surface area contributed by atoms with Crippen molar-refractivity contribution in [3.63, 3.8) is 0 Å². The Morgan fingerprint density at radius 3 is 2.88 bits per heavy atom. The molecule has 4 rings (SSSR count). The van der Waals surface area contributed by atoms with Crippen molar-refractivity contribution in [1.82, 2.24) is 4.90 Å². The topological polar surface area (TPSA) is 29.5 Å². The summed E-state index contributed by atoms with van der Waals surface area (Å²) in [4.78, 5) is 14.6. The molecule has 0 radical (unpaired) electrons. The summed E-state index contributed by atoms with van der Waals surface area (Å²) in [6, 6.07) is 12.9. The molecule has 1 saturated heterocycles. The largest absolute Gasteiger partial charge is 0.492 e. The van der Waals surface area contributed by atoms with Crippen LogP contribution < -0.4 is 4.74 Å². The smallest absolute Gasteiger partial charge is 0.226 e. The first-order chi connectivity index (χ1) is 12.2. The summed E-state index contributed by atoms with van der Waals surface area (Å²) in [5.41, 5.74) is 2.38. The average Bonchev–Trinajstić information content (AvgIpc) is 2.63. The van der Waals surface area contributed by atoms with Gasteiger partial charge in [0.15, 0.2) is 0 Å². The van der Waals surface area contributed by atoms with Crippen molar-refractivity contribution in [2.75, 3.05) is 13.2 Å². The number of hydrogen-bond donors (Lipinski definition) is 0. The molecule has 2 aromatic rings. The van der Waals surface area contributed by atoms with Gasteiger partial charge in [0.1, 0.15) is 11.6 Å². The van der Waals surface area contributed by atoms with E-state index in [0.29, 0.717) is 24.3 Å². The highest BCUT2D eigenvalue weighted by molar-refractivity contribution is 5.77. The second-order valence-electron chi connectivity index (χ2n) is 6.85. The van der Waals surface area contributed by atoms with Gasteiger partial charge < -0.3 is 9.64 Å². The van der Waals surface area contributed by atoms with E-state index < -0.39 is 0 Å². The Morgan fingerprint density at radius 2 is 1.96 bits per heavy atom. The quantitative estimate of drug-likeness (QED) is 0.720. The van der Waals surface area contributed by atoms with Crippen molar-refractivity contribution in [1.29, 1.82) is 0 Å². The van der Waals surface area contributed by atoms with Gasteiger partial charge in [0.2, 0.25) is 5.91 Å². The Balaban J connectivity index is 1.78. The maximum Gasteiger partial charge on any atom is 0.226 e. The molecule has 2 aliphatic rings. The molecule has 4 heteroatoms. The zero-order valence-electron chi connectivity index (χ0n) is 14.2. The number of fused-ring (bicyclic) bond motifs is 5. The second kappa shape index (κ2) is 6.87. The maximum absolute atomic E-state index is 14.5. The number of halogens is 1. The van der Waals surface area contributed by atoms with Gasteiger partial charge in [0.05, 0.1) is 13.0 Å². The lowest BCUT2D eigenvalue weighted by molar-refractivity contribution is -0.135. The zero-order chi connectivity index (χ0) is 17.2. The highest BCUT2D eigenvalue weighted by Crippen LogP contribution is 2.34. The van der Waals surface area contributed by atoms with E-state index in [-0.39, 0.29) is 17.8 Å². The lowest BCUT2D eigenvalue weighted by Crippen LogP contribution is -2.45. The van der Waals surface area contributed by atoms with Crippen LogP contribution in [0.25, 0.3) is 11.1 Å². The number of para-hydroxylation sites is 1. The molecule has 2 aromatic carbocycles. The number of amides is 1. The van der Waals surface area contributed by atoms with Crippen LogP contribution in [0, 0.1) is 5.82 Å². The van der Waals surface area contributed by atoms with E-state index in [1.165, 1.54) is 6.07 Å². The minimum absolute atomic E-state index is 0.157. The maximum atomic E-state index is 14.5. The number of carbonyl (C=O) groups excluding carboxylic acids is 1. The van der Waals surface area contributed by atoms with Crippen LogP contribution in [0.15, 0.2) is 42.5 Å². The molecule has 0 saturated carbocycles. The molecule has 1 atom stereocenters. The number of rotatable bonds is 0. The molecule has 0 aliphatic carbocycles. The first-order valence-electron chi connectivity index (χ1n) is 9.02. The summed E-state index contributed by atoms with van der Waals surface area (Å²) < 4.78 is 20.3. The summed E-state index contributed by atoms with van der Waals surface area (Å²) in [6.45, 7) is 1.13. The molecule has 2 aliphatic heterocycles. The first kappa shape index (κ1) is 16.1. The minimum atomic E-state index is -0.242. The Bertz CT molecular complexity index is 789. The van der Waals surface area contributed by atoms with Crippen LogP contribution in [0.2, 0.25) is 0 Å². The average molecular weight is 339 g/mol. The summed E-state index contributed by atoms with van der Waals surface area (Å²) in [5.74, 6) is 0.542. The third-order valence-corrected chi connectivity index (χ3v) is 5.20. The number of ether oxygens (including phenoxy) is 1. The summed E-state index contributed by atoms with van der Waals surface area (Å²) in [6.07, 6.45) is 4.35. The van der Waals surface area contributed by atoms with Gasteiger partial charge in [-0.3, -0.25) is 4.79 Å². The molecule has 25 heavy (non-hydrogen) atoms. The van der Waals surface area contributed by atoms with Crippen molar-refractivity contribution in [3.05, 3.63) is 53.8 Å². The van der Waals surface area contributed by atoms with Crippen molar-refractivity contribution in [3.8, 4) is 16.9 Å². The van der Waals surface area contributed by atoms with Crippen LogP contribution in [-0.4, -0.2) is 30.0 Å². The predicted molar refractivity (Wildman–Crippen MR) is 95.0 cm³/mol. The lowest BCUT2D eigenvalue weighted by Gasteiger charge is -2.36. The van der Waals surface area contributed by atoms with Gasteiger partial charge in [-0.15, -0.1) is 0 Å². The Morgan fingerprint density at radius 1 is 1.08 bits per heavy atom. The molecule has 130 valence electrons. The van der Waals surface area contributed by atoms with Crippen LogP contribution in [0.4, 0.5) is 4.39 Å². The van der Waals surface area contributed by atoms with Crippen molar-refractivity contribution in [2.24, 2.45) is 0 Å². The van der Waals surface area contributed by atoms with Crippen molar-refractivity contribution in [2.45, 2.75) is 38.1 Å². The Hall–Kier alpha value is -2.36. The molecule has 2 heterocycles. The van der Waals surface area contributed by atoms with E-state index in [0.717, 1.165) is 43.4 Å². The number of nitrogens with zero attached hydrogens (tertiary/aromatic N) is 1. The van der Waals surface area contributed by atoms with E-state index in [4.69, 9.17) is 4.74 Å². The second-order valence-corrected chi connectivity index (χ2v) is 6.85. The first-order valence-corrected chi connectivity index (χ1v) is 9.02. The molecule has 1 fully saturated rings. The highest BCUT2D eigenvalue weighted by atomic mass is 19.1. The van der Waals surface area contributed by atoms with E-state index >= 15 is 0 Å². The summed E-state index contributed by atoms with van der Waals surface area (Å²) >= 11 is 0. The van der Waals surface area contributed by atoms with Gasteiger partial charge in [0, 0.05) is 23.7 Å². The number of carbonyl (C=O) groups is 1. The SMILES string of the molecule is O=C1CCOc2ccccc2-c2cc(ccc2F)C[C@H]2CCCCN12. The molecule has 0 unspecified atom stereocenters. The van der Waals surface area contributed by atoms with Crippen LogP contribution >= 0.6 is 0 Å². The van der Waals surface area contributed by atoms with Gasteiger partial charge in [-0.2, -0.15) is 0 Å². The minimum Gasteiger partial charge on any atom is -0.492 e. The molecular weight excluding hydrogens is 317 g/mol. The third-order valence-electron chi connectivity index (χ3n) is 5.20. The van der Waals surface area contributed by atoms with E-state index in [1.54, 1.807) is 0 Å². The number of piperidine rings is 1. The monoisotopic (exact) mass is 339 g/mol. The normalized spacial score (nSPS) is 20.6. The number of benzene rings is 2. The molecule has 0 aromatic heterocycles. The van der Waals surface area contributed by atoms with Crippen LogP contribution in [-0.2, 0) is 11.2 Å². The Labute approximate surface area is 147 Å². The molecule has 3 nitrogen and oxygen atoms in total.